The lowest BCUT2D eigenvalue weighted by atomic mass is 9.85. The van der Waals surface area contributed by atoms with Crippen LogP contribution in [0.2, 0.25) is 0 Å². The Balaban J connectivity index is 1.91. The van der Waals surface area contributed by atoms with Crippen LogP contribution in [0.5, 0.6) is 0 Å². The number of ketones is 2. The molecular weight excluding hydrogens is 340 g/mol. The maximum Gasteiger partial charge on any atom is 0.188 e. The molecule has 0 bridgehead atoms. The fourth-order valence-electron chi connectivity index (χ4n) is 2.87. The Bertz CT molecular complexity index is 837. The first-order chi connectivity index (χ1) is 13.0. The van der Waals surface area contributed by atoms with Crippen LogP contribution >= 0.6 is 0 Å². The minimum atomic E-state index is -0.775. The summed E-state index contributed by atoms with van der Waals surface area (Å²) in [6.07, 6.45) is 0.124. The van der Waals surface area contributed by atoms with Gasteiger partial charge in [-0.2, -0.15) is 0 Å². The van der Waals surface area contributed by atoms with E-state index in [9.17, 15) is 9.59 Å². The van der Waals surface area contributed by atoms with Crippen LogP contribution in [0.25, 0.3) is 0 Å². The first kappa shape index (κ1) is 18.8. The van der Waals surface area contributed by atoms with Crippen LogP contribution in [-0.2, 0) is 22.7 Å². The minimum Gasteiger partial charge on any atom is -0.326 e. The SMILES string of the molecule is CC1C(=O)C(=Nc2ccc(CN)cc2)CC(=Nc2ccc(CN)cc2)C1=O. The molecule has 6 nitrogen and oxygen atoms in total. The number of hydrogen-bond donors (Lipinski definition) is 2. The number of nitrogens with two attached hydrogens (primary N) is 2. The second-order valence-electron chi connectivity index (χ2n) is 6.49. The highest BCUT2D eigenvalue weighted by molar-refractivity contribution is 6.62. The van der Waals surface area contributed by atoms with E-state index in [0.29, 0.717) is 35.9 Å². The summed E-state index contributed by atoms with van der Waals surface area (Å²) >= 11 is 0. The van der Waals surface area contributed by atoms with Crippen LogP contribution in [0.15, 0.2) is 58.5 Å². The van der Waals surface area contributed by atoms with E-state index >= 15 is 0 Å². The molecule has 1 saturated carbocycles. The van der Waals surface area contributed by atoms with Crippen molar-refractivity contribution < 1.29 is 9.59 Å². The largest absolute Gasteiger partial charge is 0.326 e. The Morgan fingerprint density at radius 2 is 1.15 bits per heavy atom. The van der Waals surface area contributed by atoms with Gasteiger partial charge in [0.25, 0.3) is 0 Å². The summed E-state index contributed by atoms with van der Waals surface area (Å²) in [5.41, 5.74) is 15.2. The summed E-state index contributed by atoms with van der Waals surface area (Å²) < 4.78 is 0. The number of carbonyl (C=O) groups is 2. The van der Waals surface area contributed by atoms with Crippen molar-refractivity contribution in [2.45, 2.75) is 26.4 Å². The van der Waals surface area contributed by atoms with Gasteiger partial charge in [-0.1, -0.05) is 24.3 Å². The van der Waals surface area contributed by atoms with Crippen molar-refractivity contribution in [3.63, 3.8) is 0 Å². The fourth-order valence-corrected chi connectivity index (χ4v) is 2.87. The van der Waals surface area contributed by atoms with Gasteiger partial charge in [-0.3, -0.25) is 9.59 Å². The Morgan fingerprint density at radius 1 is 0.778 bits per heavy atom. The summed E-state index contributed by atoms with van der Waals surface area (Å²) in [5, 5.41) is 0. The zero-order chi connectivity index (χ0) is 19.4. The Labute approximate surface area is 158 Å². The van der Waals surface area contributed by atoms with Crippen LogP contribution in [0.1, 0.15) is 24.5 Å². The first-order valence-electron chi connectivity index (χ1n) is 8.83. The lowest BCUT2D eigenvalue weighted by Gasteiger charge is -2.19. The summed E-state index contributed by atoms with van der Waals surface area (Å²) in [5.74, 6) is -1.27. The van der Waals surface area contributed by atoms with Gasteiger partial charge in [0.2, 0.25) is 0 Å². The zero-order valence-electron chi connectivity index (χ0n) is 15.2. The molecular formula is C21H22N4O2. The molecule has 0 saturated heterocycles. The van der Waals surface area contributed by atoms with Gasteiger partial charge in [0, 0.05) is 19.5 Å². The third kappa shape index (κ3) is 4.24. The van der Waals surface area contributed by atoms with E-state index in [0.717, 1.165) is 11.1 Å². The molecule has 138 valence electrons. The second kappa shape index (κ2) is 8.16. The second-order valence-corrected chi connectivity index (χ2v) is 6.49. The molecule has 0 spiro atoms. The third-order valence-corrected chi connectivity index (χ3v) is 4.56. The van der Waals surface area contributed by atoms with E-state index < -0.39 is 5.92 Å². The number of nitrogens with zero attached hydrogens (tertiary/aromatic N) is 2. The number of Topliss-reactive ketones (excluding diaryl/α,β-unsaturated/α-hetero) is 2. The lowest BCUT2D eigenvalue weighted by Crippen LogP contribution is -2.40. The maximum absolute atomic E-state index is 12.5. The molecule has 0 unspecified atom stereocenters. The standard InChI is InChI=1S/C21H22N4O2/c1-13-20(26)18(24-16-6-2-14(11-22)3-7-16)10-19(21(13)27)25-17-8-4-15(12-23)5-9-17/h2-9,13H,10-12,22-23H2,1H3. The van der Waals surface area contributed by atoms with Gasteiger partial charge in [0.1, 0.15) is 0 Å². The molecule has 0 aliphatic heterocycles. The molecule has 27 heavy (non-hydrogen) atoms. The predicted octanol–water partition coefficient (Wildman–Crippen LogP) is 2.63. The van der Waals surface area contributed by atoms with E-state index in [1.54, 1.807) is 6.92 Å². The van der Waals surface area contributed by atoms with Gasteiger partial charge in [0.15, 0.2) is 11.6 Å². The van der Waals surface area contributed by atoms with E-state index in [2.05, 4.69) is 9.98 Å². The average molecular weight is 362 g/mol. The average Bonchev–Trinajstić information content (AvgIpc) is 2.71. The third-order valence-electron chi connectivity index (χ3n) is 4.56. The number of aliphatic imine (C=N–C) groups is 2. The van der Waals surface area contributed by atoms with Crippen molar-refractivity contribution in [1.82, 2.24) is 0 Å². The molecule has 1 fully saturated rings. The zero-order valence-corrected chi connectivity index (χ0v) is 15.2. The quantitative estimate of drug-likeness (QED) is 0.814. The van der Waals surface area contributed by atoms with Crippen LogP contribution < -0.4 is 11.5 Å². The van der Waals surface area contributed by atoms with Crippen molar-refractivity contribution in [2.24, 2.45) is 27.4 Å². The molecule has 0 aromatic heterocycles. The van der Waals surface area contributed by atoms with E-state index in [1.807, 2.05) is 48.5 Å². The topological polar surface area (TPSA) is 111 Å². The Kier molecular flexibility index (Phi) is 5.69. The summed E-state index contributed by atoms with van der Waals surface area (Å²) in [7, 11) is 0. The number of rotatable bonds is 4. The first-order valence-corrected chi connectivity index (χ1v) is 8.83. The Hall–Kier alpha value is -2.96. The number of hydrogen-bond acceptors (Lipinski definition) is 6. The van der Waals surface area contributed by atoms with Crippen molar-refractivity contribution in [2.75, 3.05) is 0 Å². The predicted molar refractivity (Wildman–Crippen MR) is 107 cm³/mol. The molecule has 0 amide bonds. The van der Waals surface area contributed by atoms with E-state index in [-0.39, 0.29) is 18.0 Å². The van der Waals surface area contributed by atoms with Crippen LogP contribution in [0.4, 0.5) is 11.4 Å². The summed E-state index contributed by atoms with van der Waals surface area (Å²) in [4.78, 5) is 33.9. The minimum absolute atomic E-state index is 0.124. The van der Waals surface area contributed by atoms with Crippen LogP contribution in [0.3, 0.4) is 0 Å². The normalized spacial score (nSPS) is 20.5. The molecule has 1 aliphatic rings. The highest BCUT2D eigenvalue weighted by Crippen LogP contribution is 2.22. The van der Waals surface area contributed by atoms with E-state index in [4.69, 9.17) is 11.5 Å². The van der Waals surface area contributed by atoms with Gasteiger partial charge in [-0.05, 0) is 42.3 Å². The molecule has 3 rings (SSSR count). The molecule has 0 heterocycles. The number of benzene rings is 2. The van der Waals surface area contributed by atoms with Crippen molar-refractivity contribution >= 4 is 34.4 Å². The Morgan fingerprint density at radius 3 is 1.48 bits per heavy atom. The molecule has 2 aromatic carbocycles. The monoisotopic (exact) mass is 362 g/mol. The van der Waals surface area contributed by atoms with Gasteiger partial charge in [-0.25, -0.2) is 9.98 Å². The summed E-state index contributed by atoms with van der Waals surface area (Å²) in [6, 6.07) is 14.7. The van der Waals surface area contributed by atoms with Gasteiger partial charge < -0.3 is 11.5 Å². The smallest absolute Gasteiger partial charge is 0.188 e. The fraction of sp³-hybridized carbons (Fsp3) is 0.238. The lowest BCUT2D eigenvalue weighted by molar-refractivity contribution is -0.125. The van der Waals surface area contributed by atoms with Crippen molar-refractivity contribution in [3.8, 4) is 0 Å². The van der Waals surface area contributed by atoms with Gasteiger partial charge in [0.05, 0.1) is 28.7 Å². The highest BCUT2D eigenvalue weighted by atomic mass is 16.2. The van der Waals surface area contributed by atoms with Crippen LogP contribution in [-0.4, -0.2) is 23.0 Å². The van der Waals surface area contributed by atoms with Crippen LogP contribution in [0, 0.1) is 5.92 Å². The molecule has 6 heteroatoms. The highest BCUT2D eigenvalue weighted by Gasteiger charge is 2.35. The molecule has 1 aliphatic carbocycles. The van der Waals surface area contributed by atoms with Gasteiger partial charge in [-0.15, -0.1) is 0 Å². The molecule has 2 aromatic rings. The number of carbonyl (C=O) groups excluding carboxylic acids is 2. The summed E-state index contributed by atoms with van der Waals surface area (Å²) in [6.45, 7) is 2.49. The molecule has 0 radical (unpaired) electrons. The maximum atomic E-state index is 12.5. The van der Waals surface area contributed by atoms with Crippen molar-refractivity contribution in [1.29, 1.82) is 0 Å². The van der Waals surface area contributed by atoms with E-state index in [1.165, 1.54) is 0 Å². The molecule has 0 atom stereocenters. The van der Waals surface area contributed by atoms with Crippen molar-refractivity contribution in [3.05, 3.63) is 59.7 Å². The van der Waals surface area contributed by atoms with Gasteiger partial charge >= 0.3 is 0 Å². The molecule has 4 N–H and O–H groups in total.